The molecule has 0 aliphatic heterocycles. The Morgan fingerprint density at radius 2 is 1.56 bits per heavy atom. The third kappa shape index (κ3) is 7.99. The Hall–Kier alpha value is -3.51. The molecule has 206 valence electrons. The highest BCUT2D eigenvalue weighted by atomic mass is 35.5. The maximum Gasteiger partial charge on any atom is 0.243 e. The molecule has 1 aliphatic rings. The summed E-state index contributed by atoms with van der Waals surface area (Å²) in [6, 6.07) is 22.5. The van der Waals surface area contributed by atoms with Crippen molar-refractivity contribution in [2.24, 2.45) is 0 Å². The molecular formula is C32H37ClN2O4. The third-order valence-electron chi connectivity index (χ3n) is 7.31. The normalized spacial score (nSPS) is 14.0. The van der Waals surface area contributed by atoms with Crippen molar-refractivity contribution >= 4 is 23.4 Å². The lowest BCUT2D eigenvalue weighted by Gasteiger charge is -2.32. The van der Waals surface area contributed by atoms with Gasteiger partial charge >= 0.3 is 0 Å². The number of carbonyl (C=O) groups is 2. The molecule has 0 spiro atoms. The van der Waals surface area contributed by atoms with Crippen molar-refractivity contribution in [2.45, 2.75) is 63.6 Å². The molecule has 1 fully saturated rings. The van der Waals surface area contributed by atoms with Crippen LogP contribution >= 0.6 is 11.6 Å². The van der Waals surface area contributed by atoms with E-state index in [2.05, 4.69) is 5.32 Å². The van der Waals surface area contributed by atoms with Crippen LogP contribution in [0.1, 0.15) is 48.8 Å². The van der Waals surface area contributed by atoms with Crippen molar-refractivity contribution in [2.75, 3.05) is 14.2 Å². The lowest BCUT2D eigenvalue weighted by atomic mass is 10.0. The number of aryl methyl sites for hydroxylation is 1. The first-order valence-corrected chi connectivity index (χ1v) is 13.9. The molecule has 1 atom stereocenters. The molecular weight excluding hydrogens is 512 g/mol. The number of carbonyl (C=O) groups excluding carboxylic acids is 2. The van der Waals surface area contributed by atoms with Crippen molar-refractivity contribution < 1.29 is 19.1 Å². The van der Waals surface area contributed by atoms with Crippen molar-refractivity contribution in [1.82, 2.24) is 10.2 Å². The molecule has 6 nitrogen and oxygen atoms in total. The van der Waals surface area contributed by atoms with Crippen LogP contribution in [-0.4, -0.2) is 43.0 Å². The van der Waals surface area contributed by atoms with Crippen LogP contribution in [0, 0.1) is 0 Å². The van der Waals surface area contributed by atoms with Gasteiger partial charge in [-0.25, -0.2) is 0 Å². The van der Waals surface area contributed by atoms with Gasteiger partial charge in [-0.3, -0.25) is 9.59 Å². The molecule has 1 N–H and O–H groups in total. The standard InChI is InChI=1S/C32H37ClN2O4/c1-38-29-18-14-24(21-30(29)39-2)15-19-31(36)35(22-25-12-16-26(33)17-13-25)28(20-23-8-4-3-5-9-23)32(37)34-27-10-6-7-11-27/h3-5,8-9,12-14,16-18,21,27-28H,6-7,10-11,15,19-20,22H2,1-2H3,(H,34,37)/t28-/m0/s1. The summed E-state index contributed by atoms with van der Waals surface area (Å²) in [7, 11) is 3.19. The monoisotopic (exact) mass is 548 g/mol. The first-order chi connectivity index (χ1) is 19.0. The van der Waals surface area contributed by atoms with E-state index in [-0.39, 0.29) is 24.3 Å². The second kappa shape index (κ2) is 14.0. The van der Waals surface area contributed by atoms with E-state index in [1.807, 2.05) is 72.8 Å². The molecule has 7 heteroatoms. The summed E-state index contributed by atoms with van der Waals surface area (Å²) in [5.74, 6) is 1.09. The quantitative estimate of drug-likeness (QED) is 0.302. The van der Waals surface area contributed by atoms with Gasteiger partial charge in [-0.15, -0.1) is 0 Å². The molecule has 0 saturated heterocycles. The van der Waals surface area contributed by atoms with Crippen molar-refractivity contribution in [3.05, 3.63) is 94.5 Å². The second-order valence-corrected chi connectivity index (χ2v) is 10.5. The van der Waals surface area contributed by atoms with Crippen molar-refractivity contribution in [3.8, 4) is 11.5 Å². The van der Waals surface area contributed by atoms with Gasteiger partial charge in [0.2, 0.25) is 11.8 Å². The molecule has 1 saturated carbocycles. The van der Waals surface area contributed by atoms with Gasteiger partial charge in [0, 0.05) is 30.5 Å². The summed E-state index contributed by atoms with van der Waals surface area (Å²) in [4.78, 5) is 29.4. The van der Waals surface area contributed by atoms with Gasteiger partial charge in [-0.05, 0) is 60.2 Å². The highest BCUT2D eigenvalue weighted by Gasteiger charge is 2.32. The van der Waals surface area contributed by atoms with Crippen LogP contribution in [0.25, 0.3) is 0 Å². The maximum absolute atomic E-state index is 13.9. The zero-order chi connectivity index (χ0) is 27.6. The van der Waals surface area contributed by atoms with Crippen LogP contribution in [0.15, 0.2) is 72.8 Å². The molecule has 0 unspecified atom stereocenters. The molecule has 1 aliphatic carbocycles. The number of amides is 2. The predicted molar refractivity (Wildman–Crippen MR) is 154 cm³/mol. The van der Waals surface area contributed by atoms with Crippen LogP contribution in [-0.2, 0) is 29.0 Å². The zero-order valence-electron chi connectivity index (χ0n) is 22.7. The number of methoxy groups -OCH3 is 2. The van der Waals surface area contributed by atoms with E-state index in [0.29, 0.717) is 35.9 Å². The van der Waals surface area contributed by atoms with E-state index in [0.717, 1.165) is 42.4 Å². The molecule has 3 aromatic rings. The van der Waals surface area contributed by atoms with Crippen LogP contribution in [0.5, 0.6) is 11.5 Å². The highest BCUT2D eigenvalue weighted by Crippen LogP contribution is 2.28. The smallest absolute Gasteiger partial charge is 0.243 e. The van der Waals surface area contributed by atoms with Crippen LogP contribution in [0.4, 0.5) is 0 Å². The van der Waals surface area contributed by atoms with E-state index in [4.69, 9.17) is 21.1 Å². The Morgan fingerprint density at radius 1 is 0.897 bits per heavy atom. The number of nitrogens with one attached hydrogen (secondary N) is 1. The number of benzene rings is 3. The SMILES string of the molecule is COc1ccc(CCC(=O)N(Cc2ccc(Cl)cc2)[C@@H](Cc2ccccc2)C(=O)NC2CCCC2)cc1OC. The minimum Gasteiger partial charge on any atom is -0.493 e. The van der Waals surface area contributed by atoms with Gasteiger partial charge in [-0.2, -0.15) is 0 Å². The number of hydrogen-bond donors (Lipinski definition) is 1. The van der Waals surface area contributed by atoms with Crippen LogP contribution in [0.2, 0.25) is 5.02 Å². The Morgan fingerprint density at radius 3 is 2.23 bits per heavy atom. The first kappa shape index (κ1) is 28.5. The Kier molecular flexibility index (Phi) is 10.3. The van der Waals surface area contributed by atoms with E-state index < -0.39 is 6.04 Å². The number of halogens is 1. The topological polar surface area (TPSA) is 67.9 Å². The fourth-order valence-electron chi connectivity index (χ4n) is 5.14. The van der Waals surface area contributed by atoms with Gasteiger partial charge < -0.3 is 19.7 Å². The summed E-state index contributed by atoms with van der Waals surface area (Å²) in [6.07, 6.45) is 5.40. The third-order valence-corrected chi connectivity index (χ3v) is 7.57. The van der Waals surface area contributed by atoms with Gasteiger partial charge in [0.25, 0.3) is 0 Å². The minimum absolute atomic E-state index is 0.0813. The number of hydrogen-bond acceptors (Lipinski definition) is 4. The van der Waals surface area contributed by atoms with Crippen LogP contribution in [0.3, 0.4) is 0 Å². The number of rotatable bonds is 12. The van der Waals surface area contributed by atoms with Crippen LogP contribution < -0.4 is 14.8 Å². The Labute approximate surface area is 236 Å². The van der Waals surface area contributed by atoms with E-state index in [1.54, 1.807) is 19.1 Å². The fraction of sp³-hybridized carbons (Fsp3) is 0.375. The molecule has 39 heavy (non-hydrogen) atoms. The summed E-state index contributed by atoms with van der Waals surface area (Å²) in [5.41, 5.74) is 2.89. The minimum atomic E-state index is -0.637. The molecule has 4 rings (SSSR count). The summed E-state index contributed by atoms with van der Waals surface area (Å²) in [5, 5.41) is 3.88. The number of nitrogens with zero attached hydrogens (tertiary/aromatic N) is 1. The van der Waals surface area contributed by atoms with Crippen molar-refractivity contribution in [1.29, 1.82) is 0 Å². The summed E-state index contributed by atoms with van der Waals surface area (Å²) in [6.45, 7) is 0.317. The predicted octanol–water partition coefficient (Wildman–Crippen LogP) is 5.99. The van der Waals surface area contributed by atoms with Gasteiger partial charge in [0.15, 0.2) is 11.5 Å². The van der Waals surface area contributed by atoms with Crippen molar-refractivity contribution in [3.63, 3.8) is 0 Å². The fourth-order valence-corrected chi connectivity index (χ4v) is 5.27. The maximum atomic E-state index is 13.9. The van der Waals surface area contributed by atoms with E-state index in [1.165, 1.54) is 0 Å². The average molecular weight is 549 g/mol. The highest BCUT2D eigenvalue weighted by molar-refractivity contribution is 6.30. The average Bonchev–Trinajstić information content (AvgIpc) is 3.48. The lowest BCUT2D eigenvalue weighted by Crippen LogP contribution is -2.52. The summed E-state index contributed by atoms with van der Waals surface area (Å²) < 4.78 is 10.8. The molecule has 0 aromatic heterocycles. The lowest BCUT2D eigenvalue weighted by molar-refractivity contribution is -0.141. The van der Waals surface area contributed by atoms with E-state index in [9.17, 15) is 9.59 Å². The molecule has 0 bridgehead atoms. The second-order valence-electron chi connectivity index (χ2n) is 10.0. The Bertz CT molecular complexity index is 1230. The van der Waals surface area contributed by atoms with E-state index >= 15 is 0 Å². The largest absolute Gasteiger partial charge is 0.493 e. The first-order valence-electron chi connectivity index (χ1n) is 13.6. The van der Waals surface area contributed by atoms with Gasteiger partial charge in [-0.1, -0.05) is 73.0 Å². The van der Waals surface area contributed by atoms with Gasteiger partial charge in [0.05, 0.1) is 14.2 Å². The van der Waals surface area contributed by atoms with Gasteiger partial charge in [0.1, 0.15) is 6.04 Å². The molecule has 2 amide bonds. The molecule has 0 heterocycles. The molecule has 3 aromatic carbocycles. The zero-order valence-corrected chi connectivity index (χ0v) is 23.5. The Balaban J connectivity index is 1.60. The molecule has 0 radical (unpaired) electrons. The number of ether oxygens (including phenoxy) is 2. The summed E-state index contributed by atoms with van der Waals surface area (Å²) >= 11 is 6.13.